The maximum absolute atomic E-state index is 3.56. The van der Waals surface area contributed by atoms with Gasteiger partial charge in [-0.15, -0.1) is 13.2 Å². The third-order valence-electron chi connectivity index (χ3n) is 0. The van der Waals surface area contributed by atoms with Crippen LogP contribution in [0.15, 0.2) is 24.3 Å². The minimum absolute atomic E-state index is 0. The Morgan fingerprint density at radius 2 is 0.889 bits per heavy atom. The summed E-state index contributed by atoms with van der Waals surface area (Å²) in [6.45, 7) is 15.0. The predicted molar refractivity (Wildman–Crippen MR) is 50.1 cm³/mol. The molecule has 0 aliphatic carbocycles. The van der Waals surface area contributed by atoms with Gasteiger partial charge in [0.2, 0.25) is 0 Å². The van der Waals surface area contributed by atoms with Gasteiger partial charge in [0.15, 0.2) is 0 Å². The van der Waals surface area contributed by atoms with Crippen LogP contribution >= 0.6 is 0 Å². The van der Waals surface area contributed by atoms with Gasteiger partial charge < -0.3 is 4.28 Å². The molecule has 0 aromatic heterocycles. The summed E-state index contributed by atoms with van der Waals surface area (Å²) < 4.78 is 0. The van der Waals surface area contributed by atoms with Gasteiger partial charge in [-0.05, 0) is 27.7 Å². The molecule has 0 unspecified atom stereocenters. The van der Waals surface area contributed by atoms with Crippen LogP contribution in [0.5, 0.6) is 0 Å². The third-order valence-corrected chi connectivity index (χ3v) is 0. The molecule has 0 N–H and O–H groups in total. The molecule has 0 spiro atoms. The maximum atomic E-state index is 3.56. The molecule has 0 aliphatic heterocycles. The van der Waals surface area contributed by atoms with Gasteiger partial charge in [0.05, 0.1) is 0 Å². The van der Waals surface area contributed by atoms with E-state index in [2.05, 4.69) is 13.2 Å². The minimum Gasteiger partial charge on any atom is -1.00 e. The summed E-state index contributed by atoms with van der Waals surface area (Å²) >= 11 is 0. The third kappa shape index (κ3) is 1860000. The second-order valence-electron chi connectivity index (χ2n) is 2.41. The molecule has 0 saturated heterocycles. The molecule has 0 rings (SSSR count). The van der Waals surface area contributed by atoms with Crippen molar-refractivity contribution in [2.24, 2.45) is 0 Å². The summed E-state index contributed by atoms with van der Waals surface area (Å²) in [6.07, 6.45) is 0. The molecular formula is C8H19Al. The van der Waals surface area contributed by atoms with Crippen molar-refractivity contribution in [1.82, 2.24) is 0 Å². The summed E-state index contributed by atoms with van der Waals surface area (Å²) in [5.41, 5.74) is 2.33. The standard InChI is InChI=1S/2C4H8.Al.3H/c2*1-4(2)3;;;;/h2*1H2,2-3H3;;;;/q;;+3;3*-1. The Morgan fingerprint density at radius 1 is 0.889 bits per heavy atom. The van der Waals surface area contributed by atoms with Crippen molar-refractivity contribution in [3.05, 3.63) is 24.3 Å². The summed E-state index contributed by atoms with van der Waals surface area (Å²) in [6, 6.07) is 0. The fraction of sp³-hybridized carbons (Fsp3) is 0.500. The zero-order valence-electron chi connectivity index (χ0n) is 9.99. The molecule has 0 aromatic carbocycles. The fourth-order valence-corrected chi connectivity index (χ4v) is 0. The van der Waals surface area contributed by atoms with Crippen LogP contribution in [0.1, 0.15) is 32.0 Å². The van der Waals surface area contributed by atoms with Crippen LogP contribution < -0.4 is 0 Å². The summed E-state index contributed by atoms with van der Waals surface area (Å²) in [7, 11) is 0. The summed E-state index contributed by atoms with van der Waals surface area (Å²) in [5, 5.41) is 0. The smallest absolute Gasteiger partial charge is 1.00 e. The molecule has 0 amide bonds. The number of hydrogen-bond donors (Lipinski definition) is 0. The van der Waals surface area contributed by atoms with E-state index in [1.165, 1.54) is 11.1 Å². The van der Waals surface area contributed by atoms with Crippen molar-refractivity contribution in [1.29, 1.82) is 0 Å². The topological polar surface area (TPSA) is 0 Å². The quantitative estimate of drug-likeness (QED) is 0.360. The zero-order chi connectivity index (χ0) is 7.15. The Kier molecular flexibility index (Phi) is 19.4. The Hall–Kier alpha value is 0.0125. The van der Waals surface area contributed by atoms with E-state index in [4.69, 9.17) is 0 Å². The van der Waals surface area contributed by atoms with Crippen LogP contribution in [0.25, 0.3) is 0 Å². The Labute approximate surface area is 74.2 Å². The van der Waals surface area contributed by atoms with Crippen LogP contribution in [0.2, 0.25) is 0 Å². The molecule has 54 valence electrons. The van der Waals surface area contributed by atoms with Crippen molar-refractivity contribution in [3.8, 4) is 0 Å². The van der Waals surface area contributed by atoms with E-state index in [-0.39, 0.29) is 21.6 Å². The first kappa shape index (κ1) is 16.0. The first-order valence-corrected chi connectivity index (χ1v) is 2.71. The average Bonchev–Trinajstić information content (AvgIpc) is 1.25. The molecule has 0 heterocycles. The molecule has 0 radical (unpaired) electrons. The van der Waals surface area contributed by atoms with E-state index in [1.54, 1.807) is 0 Å². The molecule has 0 aliphatic rings. The molecular weight excluding hydrogens is 123 g/mol. The van der Waals surface area contributed by atoms with E-state index in [0.717, 1.165) is 0 Å². The van der Waals surface area contributed by atoms with Gasteiger partial charge in [0.25, 0.3) is 0 Å². The van der Waals surface area contributed by atoms with Gasteiger partial charge >= 0.3 is 17.4 Å². The van der Waals surface area contributed by atoms with Gasteiger partial charge in [0.1, 0.15) is 0 Å². The van der Waals surface area contributed by atoms with Gasteiger partial charge in [-0.1, -0.05) is 11.1 Å². The maximum Gasteiger partial charge on any atom is 3.00 e. The first-order chi connectivity index (χ1) is 3.46. The molecule has 1 heteroatoms. The van der Waals surface area contributed by atoms with Crippen LogP contribution in [-0.4, -0.2) is 17.4 Å². The molecule has 0 atom stereocenters. The van der Waals surface area contributed by atoms with Gasteiger partial charge in [-0.2, -0.15) is 0 Å². The van der Waals surface area contributed by atoms with Crippen molar-refractivity contribution in [2.45, 2.75) is 27.7 Å². The number of allylic oxidation sites excluding steroid dienone is 2. The number of hydrogen-bond acceptors (Lipinski definition) is 0. The Balaban J connectivity index is -0.0000000112. The van der Waals surface area contributed by atoms with Crippen LogP contribution in [0.3, 0.4) is 0 Å². The second-order valence-corrected chi connectivity index (χ2v) is 2.41. The van der Waals surface area contributed by atoms with Crippen LogP contribution in [0, 0.1) is 0 Å². The van der Waals surface area contributed by atoms with Crippen molar-refractivity contribution < 1.29 is 4.28 Å². The molecule has 0 fully saturated rings. The average molecular weight is 142 g/mol. The van der Waals surface area contributed by atoms with Crippen molar-refractivity contribution in [3.63, 3.8) is 0 Å². The van der Waals surface area contributed by atoms with E-state index >= 15 is 0 Å². The van der Waals surface area contributed by atoms with E-state index in [1.807, 2.05) is 27.7 Å². The molecule has 0 bridgehead atoms. The minimum atomic E-state index is 0. The first-order valence-electron chi connectivity index (χ1n) is 2.71. The predicted octanol–water partition coefficient (Wildman–Crippen LogP) is 3.12. The van der Waals surface area contributed by atoms with E-state index in [9.17, 15) is 0 Å². The monoisotopic (exact) mass is 142 g/mol. The normalized spacial score (nSPS) is 5.78. The zero-order valence-corrected chi connectivity index (χ0v) is 8.15. The molecule has 0 nitrogen and oxygen atoms in total. The van der Waals surface area contributed by atoms with E-state index in [0.29, 0.717) is 0 Å². The van der Waals surface area contributed by atoms with E-state index < -0.39 is 0 Å². The molecule has 0 saturated carbocycles. The van der Waals surface area contributed by atoms with Gasteiger partial charge in [0, 0.05) is 0 Å². The molecule has 9 heavy (non-hydrogen) atoms. The van der Waals surface area contributed by atoms with Crippen LogP contribution in [-0.2, 0) is 0 Å². The van der Waals surface area contributed by atoms with Gasteiger partial charge in [-0.25, -0.2) is 0 Å². The summed E-state index contributed by atoms with van der Waals surface area (Å²) in [4.78, 5) is 0. The van der Waals surface area contributed by atoms with Crippen molar-refractivity contribution in [2.75, 3.05) is 0 Å². The largest absolute Gasteiger partial charge is 3.00 e. The van der Waals surface area contributed by atoms with Gasteiger partial charge in [-0.3, -0.25) is 0 Å². The van der Waals surface area contributed by atoms with Crippen molar-refractivity contribution >= 4 is 17.4 Å². The Morgan fingerprint density at radius 3 is 0.889 bits per heavy atom. The summed E-state index contributed by atoms with van der Waals surface area (Å²) in [5.74, 6) is 0. The van der Waals surface area contributed by atoms with Crippen LogP contribution in [0.4, 0.5) is 0 Å². The second kappa shape index (κ2) is 10.9. The number of rotatable bonds is 0. The molecule has 0 aromatic rings. The Bertz CT molecular complexity index is 72.3. The SMILES string of the molecule is C=C(C)C.C=C(C)C.[Al+3].[H-].[H-].[H-]. The fourth-order valence-electron chi connectivity index (χ4n) is 0.